The summed E-state index contributed by atoms with van der Waals surface area (Å²) in [6.07, 6.45) is 6.90. The van der Waals surface area contributed by atoms with E-state index in [4.69, 9.17) is 6.57 Å². The Morgan fingerprint density at radius 2 is 2.00 bits per heavy atom. The number of rotatable bonds is 2. The number of anilines is 1. The Kier molecular flexibility index (Phi) is 2.79. The topological polar surface area (TPSA) is 46.4 Å². The molecule has 1 aromatic rings. The summed E-state index contributed by atoms with van der Waals surface area (Å²) < 4.78 is 0. The van der Waals surface area contributed by atoms with Gasteiger partial charge in [-0.05, 0) is 55.3 Å². The molecule has 1 amide bonds. The SMILES string of the molecule is [C-]#[N+]c1csc(NC(=O)C23CC4CC(C)(CC(C)(C4)C2)C3)n1. The van der Waals surface area contributed by atoms with Crippen molar-refractivity contribution in [3.8, 4) is 0 Å². The minimum atomic E-state index is -0.215. The molecule has 4 aliphatic rings. The molecule has 4 saturated carbocycles. The summed E-state index contributed by atoms with van der Waals surface area (Å²) in [5.41, 5.74) is 0.443. The van der Waals surface area contributed by atoms with Gasteiger partial charge in [0, 0.05) is 5.38 Å². The van der Waals surface area contributed by atoms with Crippen molar-refractivity contribution in [1.29, 1.82) is 0 Å². The summed E-state index contributed by atoms with van der Waals surface area (Å²) in [5.74, 6) is 1.21. The van der Waals surface area contributed by atoms with Gasteiger partial charge in [0.15, 0.2) is 0 Å². The van der Waals surface area contributed by atoms with Crippen LogP contribution in [-0.4, -0.2) is 10.9 Å². The number of carbonyl (C=O) groups is 1. The predicted octanol–water partition coefficient (Wildman–Crippen LogP) is 4.63. The van der Waals surface area contributed by atoms with Gasteiger partial charge < -0.3 is 4.85 Å². The molecule has 5 heteroatoms. The molecule has 5 rings (SSSR count). The van der Waals surface area contributed by atoms with Crippen LogP contribution in [0.5, 0.6) is 0 Å². The van der Waals surface area contributed by atoms with Crippen molar-refractivity contribution in [1.82, 2.24) is 4.98 Å². The Morgan fingerprint density at radius 3 is 2.55 bits per heavy atom. The fraction of sp³-hybridized carbons (Fsp3) is 0.706. The molecule has 22 heavy (non-hydrogen) atoms. The molecular formula is C17H21N3OS. The van der Waals surface area contributed by atoms with Crippen molar-refractivity contribution in [3.63, 3.8) is 0 Å². The first-order valence-electron chi connectivity index (χ1n) is 7.98. The van der Waals surface area contributed by atoms with Gasteiger partial charge in [-0.1, -0.05) is 36.7 Å². The molecule has 1 heterocycles. The number of nitrogens with zero attached hydrogens (tertiary/aromatic N) is 2. The van der Waals surface area contributed by atoms with E-state index in [0.29, 0.717) is 27.7 Å². The molecular weight excluding hydrogens is 294 g/mol. The largest absolute Gasteiger partial charge is 0.360 e. The average Bonchev–Trinajstić information content (AvgIpc) is 2.82. The molecule has 2 atom stereocenters. The number of nitrogens with one attached hydrogen (secondary N) is 1. The van der Waals surface area contributed by atoms with Crippen molar-refractivity contribution in [3.05, 3.63) is 16.8 Å². The van der Waals surface area contributed by atoms with Crippen LogP contribution in [0.4, 0.5) is 10.9 Å². The van der Waals surface area contributed by atoms with Crippen molar-refractivity contribution in [2.24, 2.45) is 22.2 Å². The molecule has 0 radical (unpaired) electrons. The quantitative estimate of drug-likeness (QED) is 0.809. The van der Waals surface area contributed by atoms with Crippen LogP contribution in [0, 0.1) is 28.7 Å². The fourth-order valence-electron chi connectivity index (χ4n) is 6.30. The summed E-state index contributed by atoms with van der Waals surface area (Å²) in [7, 11) is 0. The Morgan fingerprint density at radius 1 is 1.32 bits per heavy atom. The second-order valence-electron chi connectivity index (χ2n) is 8.49. The Bertz CT molecular complexity index is 670. The number of thiazole rings is 1. The molecule has 4 aliphatic carbocycles. The van der Waals surface area contributed by atoms with Crippen LogP contribution in [0.2, 0.25) is 0 Å². The summed E-state index contributed by atoms with van der Waals surface area (Å²) in [6.45, 7) is 11.7. The van der Waals surface area contributed by atoms with Crippen LogP contribution in [0.25, 0.3) is 4.85 Å². The first-order chi connectivity index (χ1) is 10.3. The molecule has 2 unspecified atom stereocenters. The summed E-state index contributed by atoms with van der Waals surface area (Å²) in [6, 6.07) is 0. The summed E-state index contributed by atoms with van der Waals surface area (Å²) in [4.78, 5) is 20.5. The fourth-order valence-corrected chi connectivity index (χ4v) is 6.92. The van der Waals surface area contributed by atoms with Gasteiger partial charge in [0.25, 0.3) is 10.9 Å². The Labute approximate surface area is 135 Å². The molecule has 0 spiro atoms. The van der Waals surface area contributed by atoms with Crippen LogP contribution in [0.1, 0.15) is 52.4 Å². The molecule has 1 aromatic heterocycles. The monoisotopic (exact) mass is 315 g/mol. The van der Waals surface area contributed by atoms with Gasteiger partial charge in [-0.2, -0.15) is 0 Å². The third kappa shape index (κ3) is 2.08. The van der Waals surface area contributed by atoms with Crippen LogP contribution < -0.4 is 5.32 Å². The van der Waals surface area contributed by atoms with Gasteiger partial charge >= 0.3 is 0 Å². The van der Waals surface area contributed by atoms with Gasteiger partial charge in [0.2, 0.25) is 5.91 Å². The molecule has 4 fully saturated rings. The van der Waals surface area contributed by atoms with Gasteiger partial charge in [0.1, 0.15) is 0 Å². The highest BCUT2D eigenvalue weighted by Gasteiger charge is 2.62. The maximum absolute atomic E-state index is 13.0. The van der Waals surface area contributed by atoms with Gasteiger partial charge in [-0.15, -0.1) is 0 Å². The highest BCUT2D eigenvalue weighted by molar-refractivity contribution is 7.14. The van der Waals surface area contributed by atoms with Crippen molar-refractivity contribution in [2.45, 2.75) is 52.4 Å². The number of amides is 1. The molecule has 0 saturated heterocycles. The minimum absolute atomic E-state index is 0.139. The lowest BCUT2D eigenvalue weighted by atomic mass is 9.40. The van der Waals surface area contributed by atoms with Gasteiger partial charge in [-0.25, -0.2) is 0 Å². The van der Waals surface area contributed by atoms with E-state index < -0.39 is 0 Å². The molecule has 116 valence electrons. The molecule has 4 nitrogen and oxygen atoms in total. The maximum Gasteiger partial charge on any atom is 0.283 e. The van der Waals surface area contributed by atoms with Gasteiger partial charge in [0.05, 0.1) is 5.41 Å². The first kappa shape index (κ1) is 14.2. The zero-order chi connectivity index (χ0) is 15.6. The standard InChI is InChI=1S/C17H21N3OS/c1-15-4-11-5-16(2,8-15)10-17(6-11,9-15)13(21)20-14-19-12(18-3)7-22-14/h7,11H,4-6,8-10H2,1-2H3,(H,19,20,21). The lowest BCUT2D eigenvalue weighted by molar-refractivity contribution is -0.165. The first-order valence-corrected chi connectivity index (χ1v) is 8.86. The summed E-state index contributed by atoms with van der Waals surface area (Å²) >= 11 is 1.35. The lowest BCUT2D eigenvalue weighted by Gasteiger charge is -2.64. The smallest absolute Gasteiger partial charge is 0.283 e. The molecule has 0 aromatic carbocycles. The number of carbonyl (C=O) groups excluding carboxylic acids is 1. The van der Waals surface area contributed by atoms with Crippen molar-refractivity contribution < 1.29 is 4.79 Å². The van der Waals surface area contributed by atoms with Crippen LogP contribution in [0.15, 0.2) is 5.38 Å². The maximum atomic E-state index is 13.0. The number of aromatic nitrogens is 1. The average molecular weight is 315 g/mol. The lowest BCUT2D eigenvalue weighted by Crippen LogP contribution is -2.58. The second kappa shape index (κ2) is 4.32. The number of hydrogen-bond acceptors (Lipinski definition) is 3. The van der Waals surface area contributed by atoms with E-state index in [1.165, 1.54) is 30.6 Å². The van der Waals surface area contributed by atoms with Crippen LogP contribution in [0.3, 0.4) is 0 Å². The molecule has 1 N–H and O–H groups in total. The number of hydrogen-bond donors (Lipinski definition) is 1. The van der Waals surface area contributed by atoms with Crippen LogP contribution in [-0.2, 0) is 4.79 Å². The highest BCUT2D eigenvalue weighted by atomic mass is 32.1. The highest BCUT2D eigenvalue weighted by Crippen LogP contribution is 2.69. The summed E-state index contributed by atoms with van der Waals surface area (Å²) in [5, 5.41) is 5.28. The third-order valence-corrected chi connectivity index (χ3v) is 6.68. The predicted molar refractivity (Wildman–Crippen MR) is 86.8 cm³/mol. The van der Waals surface area contributed by atoms with Crippen molar-refractivity contribution >= 4 is 28.2 Å². The van der Waals surface area contributed by atoms with E-state index in [9.17, 15) is 4.79 Å². The third-order valence-electron chi connectivity index (χ3n) is 5.93. The van der Waals surface area contributed by atoms with E-state index >= 15 is 0 Å². The normalized spacial score (nSPS) is 42.1. The molecule has 4 bridgehead atoms. The zero-order valence-electron chi connectivity index (χ0n) is 13.1. The minimum Gasteiger partial charge on any atom is -0.360 e. The zero-order valence-corrected chi connectivity index (χ0v) is 13.9. The van der Waals surface area contributed by atoms with E-state index in [2.05, 4.69) is 29.0 Å². The van der Waals surface area contributed by atoms with E-state index in [1.807, 2.05) is 0 Å². The van der Waals surface area contributed by atoms with Gasteiger partial charge in [-0.3, -0.25) is 10.1 Å². The van der Waals surface area contributed by atoms with Crippen molar-refractivity contribution in [2.75, 3.05) is 5.32 Å². The molecule has 0 aliphatic heterocycles. The van der Waals surface area contributed by atoms with E-state index in [1.54, 1.807) is 5.38 Å². The second-order valence-corrected chi connectivity index (χ2v) is 9.35. The Hall–Kier alpha value is -1.41. The van der Waals surface area contributed by atoms with E-state index in [0.717, 1.165) is 19.3 Å². The van der Waals surface area contributed by atoms with E-state index in [-0.39, 0.29) is 11.3 Å². The Balaban J connectivity index is 1.61. The van der Waals surface area contributed by atoms with Crippen LogP contribution >= 0.6 is 11.3 Å².